The van der Waals surface area contributed by atoms with Gasteiger partial charge in [-0.15, -0.1) is 24.0 Å². The van der Waals surface area contributed by atoms with E-state index in [4.69, 9.17) is 0 Å². The highest BCUT2D eigenvalue weighted by molar-refractivity contribution is 14.0. The Bertz CT molecular complexity index is 994. The number of guanidine groups is 1. The summed E-state index contributed by atoms with van der Waals surface area (Å²) >= 11 is 0. The molecule has 6 nitrogen and oxygen atoms in total. The molecule has 2 rings (SSSR count). The Balaban J connectivity index is 0.00000450. The van der Waals surface area contributed by atoms with E-state index in [-0.39, 0.29) is 36.3 Å². The van der Waals surface area contributed by atoms with Gasteiger partial charge < -0.3 is 15.5 Å². The van der Waals surface area contributed by atoms with Crippen LogP contribution in [0.5, 0.6) is 0 Å². The van der Waals surface area contributed by atoms with E-state index in [1.807, 2.05) is 14.1 Å². The number of aryl methyl sites for hydroxylation is 1. The van der Waals surface area contributed by atoms with E-state index >= 15 is 0 Å². The van der Waals surface area contributed by atoms with E-state index < -0.39 is 15.7 Å². The first kappa shape index (κ1) is 26.2. The number of nitrogens with zero attached hydrogens (tertiary/aromatic N) is 2. The lowest BCUT2D eigenvalue weighted by molar-refractivity contribution is 0.599. The van der Waals surface area contributed by atoms with Gasteiger partial charge >= 0.3 is 0 Å². The molecule has 0 amide bonds. The van der Waals surface area contributed by atoms with E-state index in [0.29, 0.717) is 23.6 Å². The number of nitrogens with one attached hydrogen (secondary N) is 2. The molecule has 30 heavy (non-hydrogen) atoms. The fourth-order valence-electron chi connectivity index (χ4n) is 3.00. The molecule has 0 radical (unpaired) electrons. The van der Waals surface area contributed by atoms with Gasteiger partial charge in [-0.1, -0.05) is 18.2 Å². The molecule has 0 saturated carbocycles. The Morgan fingerprint density at radius 1 is 1.03 bits per heavy atom. The molecule has 0 fully saturated rings. The van der Waals surface area contributed by atoms with Crippen molar-refractivity contribution in [2.24, 2.45) is 4.99 Å². The summed E-state index contributed by atoms with van der Waals surface area (Å²) in [4.78, 5) is 6.27. The molecule has 0 saturated heterocycles. The summed E-state index contributed by atoms with van der Waals surface area (Å²) in [5, 5.41) is 6.39. The van der Waals surface area contributed by atoms with Crippen LogP contribution in [0, 0.1) is 12.7 Å². The van der Waals surface area contributed by atoms with E-state index in [1.54, 1.807) is 7.05 Å². The Morgan fingerprint density at radius 2 is 1.63 bits per heavy atom. The summed E-state index contributed by atoms with van der Waals surface area (Å²) in [6.07, 6.45) is 1.16. The number of hydrogen-bond acceptors (Lipinski definition) is 4. The van der Waals surface area contributed by atoms with Gasteiger partial charge in [-0.2, -0.15) is 0 Å². The molecule has 2 N–H and O–H groups in total. The Hall–Kier alpha value is -1.88. The zero-order chi connectivity index (χ0) is 21.6. The van der Waals surface area contributed by atoms with Crippen LogP contribution >= 0.6 is 24.0 Å². The lowest BCUT2D eigenvalue weighted by Gasteiger charge is -2.20. The average Bonchev–Trinajstić information content (AvgIpc) is 2.63. The summed E-state index contributed by atoms with van der Waals surface area (Å²) in [5.74, 6) is 0.00781. The minimum absolute atomic E-state index is 0. The highest BCUT2D eigenvalue weighted by atomic mass is 127. The fourth-order valence-corrected chi connectivity index (χ4v) is 3.85. The second-order valence-corrected chi connectivity index (χ2v) is 9.43. The summed E-state index contributed by atoms with van der Waals surface area (Å²) in [6, 6.07) is 10.4. The monoisotopic (exact) mass is 548 g/mol. The highest BCUT2D eigenvalue weighted by Crippen LogP contribution is 2.20. The molecule has 9 heteroatoms. The molecule has 0 heterocycles. The van der Waals surface area contributed by atoms with Gasteiger partial charge in [0, 0.05) is 46.2 Å². The molecule has 166 valence electrons. The first-order chi connectivity index (χ1) is 13.6. The van der Waals surface area contributed by atoms with Crippen molar-refractivity contribution < 1.29 is 12.8 Å². The van der Waals surface area contributed by atoms with E-state index in [9.17, 15) is 12.8 Å². The third-order valence-corrected chi connectivity index (χ3v) is 5.26. The van der Waals surface area contributed by atoms with Crippen molar-refractivity contribution in [3.63, 3.8) is 0 Å². The van der Waals surface area contributed by atoms with Gasteiger partial charge in [-0.05, 0) is 47.4 Å². The number of hydrogen-bond donors (Lipinski definition) is 2. The maximum absolute atomic E-state index is 13.7. The molecular formula is C21H30FIN4O2S. The number of benzene rings is 2. The van der Waals surface area contributed by atoms with Crippen LogP contribution in [0.4, 0.5) is 10.1 Å². The van der Waals surface area contributed by atoms with Crippen molar-refractivity contribution >= 4 is 45.5 Å². The van der Waals surface area contributed by atoms with Crippen LogP contribution in [-0.2, 0) is 28.7 Å². The van der Waals surface area contributed by atoms with Crippen LogP contribution in [0.15, 0.2) is 41.4 Å². The maximum atomic E-state index is 13.7. The first-order valence-electron chi connectivity index (χ1n) is 9.25. The van der Waals surface area contributed by atoms with E-state index in [2.05, 4.69) is 45.6 Å². The molecule has 2 aromatic rings. The van der Waals surface area contributed by atoms with Crippen LogP contribution in [0.3, 0.4) is 0 Å². The number of aliphatic imine (C=N–C) groups is 1. The molecule has 0 aliphatic carbocycles. The lowest BCUT2D eigenvalue weighted by atomic mass is 10.1. The van der Waals surface area contributed by atoms with Crippen molar-refractivity contribution in [2.45, 2.75) is 25.8 Å². The van der Waals surface area contributed by atoms with Crippen molar-refractivity contribution in [1.29, 1.82) is 0 Å². The number of sulfone groups is 1. The highest BCUT2D eigenvalue weighted by Gasteiger charge is 2.12. The molecule has 0 aliphatic rings. The standard InChI is InChI=1S/C21H29FN4O2S.HI/c1-15-6-7-16(20(10-15)26(3)4)12-24-21(23-2)25-13-18-11-19(22)9-8-17(18)14-29(5,27)28;/h6-11H,12-14H2,1-5H3,(H2,23,24,25);1H. The quantitative estimate of drug-likeness (QED) is 0.316. The summed E-state index contributed by atoms with van der Waals surface area (Å²) in [5.41, 5.74) is 4.58. The third-order valence-electron chi connectivity index (χ3n) is 4.42. The van der Waals surface area contributed by atoms with Crippen molar-refractivity contribution in [3.8, 4) is 0 Å². The first-order valence-corrected chi connectivity index (χ1v) is 11.3. The second-order valence-electron chi connectivity index (χ2n) is 7.29. The Morgan fingerprint density at radius 3 is 2.20 bits per heavy atom. The van der Waals surface area contributed by atoms with Crippen LogP contribution in [0.25, 0.3) is 0 Å². The zero-order valence-corrected chi connectivity index (χ0v) is 21.1. The van der Waals surface area contributed by atoms with Crippen molar-refractivity contribution in [1.82, 2.24) is 10.6 Å². The Labute approximate surface area is 195 Å². The third kappa shape index (κ3) is 8.10. The van der Waals surface area contributed by atoms with Crippen LogP contribution in [-0.4, -0.2) is 41.8 Å². The van der Waals surface area contributed by atoms with E-state index in [0.717, 1.165) is 17.5 Å². The molecule has 0 aromatic heterocycles. The van der Waals surface area contributed by atoms with Crippen LogP contribution in [0.1, 0.15) is 22.3 Å². The van der Waals surface area contributed by atoms with Crippen molar-refractivity contribution in [3.05, 3.63) is 64.5 Å². The van der Waals surface area contributed by atoms with Crippen LogP contribution in [0.2, 0.25) is 0 Å². The van der Waals surface area contributed by atoms with Gasteiger partial charge in [0.1, 0.15) is 5.82 Å². The predicted octanol–water partition coefficient (Wildman–Crippen LogP) is 3.23. The largest absolute Gasteiger partial charge is 0.377 e. The van der Waals surface area contributed by atoms with Gasteiger partial charge in [0.25, 0.3) is 0 Å². The summed E-state index contributed by atoms with van der Waals surface area (Å²) in [6.45, 7) is 2.88. The minimum Gasteiger partial charge on any atom is -0.377 e. The number of halogens is 2. The fraction of sp³-hybridized carbons (Fsp3) is 0.381. The van der Waals surface area contributed by atoms with Gasteiger partial charge in [0.2, 0.25) is 0 Å². The van der Waals surface area contributed by atoms with Crippen molar-refractivity contribution in [2.75, 3.05) is 32.3 Å². The molecule has 0 spiro atoms. The molecule has 0 atom stereocenters. The van der Waals surface area contributed by atoms with Gasteiger partial charge in [0.05, 0.1) is 5.75 Å². The van der Waals surface area contributed by atoms with E-state index in [1.165, 1.54) is 23.8 Å². The average molecular weight is 548 g/mol. The van der Waals surface area contributed by atoms with Gasteiger partial charge in [0.15, 0.2) is 15.8 Å². The topological polar surface area (TPSA) is 73.8 Å². The maximum Gasteiger partial charge on any atom is 0.191 e. The number of rotatable bonds is 7. The lowest BCUT2D eigenvalue weighted by Crippen LogP contribution is -2.36. The molecule has 0 unspecified atom stereocenters. The SMILES string of the molecule is CN=C(NCc1cc(F)ccc1CS(C)(=O)=O)NCc1ccc(C)cc1N(C)C.I. The molecule has 2 aromatic carbocycles. The zero-order valence-electron chi connectivity index (χ0n) is 18.0. The summed E-state index contributed by atoms with van der Waals surface area (Å²) in [7, 11) is 2.43. The number of anilines is 1. The molecule has 0 aliphatic heterocycles. The minimum atomic E-state index is -3.22. The Kier molecular flexibility index (Phi) is 10.0. The molecular weight excluding hydrogens is 518 g/mol. The van der Waals surface area contributed by atoms with Gasteiger partial charge in [-0.25, -0.2) is 12.8 Å². The van der Waals surface area contributed by atoms with Crippen LogP contribution < -0.4 is 15.5 Å². The predicted molar refractivity (Wildman–Crippen MR) is 133 cm³/mol. The normalized spacial score (nSPS) is 11.6. The smallest absolute Gasteiger partial charge is 0.191 e. The summed E-state index contributed by atoms with van der Waals surface area (Å²) < 4.78 is 37.0. The second kappa shape index (κ2) is 11.5. The van der Waals surface area contributed by atoms with Gasteiger partial charge in [-0.3, -0.25) is 4.99 Å². The molecule has 0 bridgehead atoms.